The number of nitrogens with one attached hydrogen (secondary N) is 2. The Hall–Kier alpha value is -1.41. The first-order valence-corrected chi connectivity index (χ1v) is 8.45. The molecular formula is C12H20N4O3S. The Morgan fingerprint density at radius 1 is 1.40 bits per heavy atom. The van der Waals surface area contributed by atoms with Crippen molar-refractivity contribution in [2.75, 3.05) is 18.1 Å². The second-order valence-corrected chi connectivity index (χ2v) is 7.13. The number of hydrogen-bond donors (Lipinski definition) is 2. The fourth-order valence-electron chi connectivity index (χ4n) is 2.37. The zero-order valence-corrected chi connectivity index (χ0v) is 12.7. The second kappa shape index (κ2) is 5.53. The molecule has 0 spiro atoms. The third-order valence-corrected chi connectivity index (χ3v) is 4.97. The maximum atomic E-state index is 12.3. The normalized spacial score (nSPS) is 20.9. The molecular weight excluding hydrogens is 280 g/mol. The summed E-state index contributed by atoms with van der Waals surface area (Å²) >= 11 is 0. The largest absolute Gasteiger partial charge is 0.308 e. The first kappa shape index (κ1) is 15.0. The molecule has 0 radical (unpaired) electrons. The van der Waals surface area contributed by atoms with Crippen molar-refractivity contribution in [2.24, 2.45) is 0 Å². The molecule has 2 N–H and O–H groups in total. The summed E-state index contributed by atoms with van der Waals surface area (Å²) < 4.78 is 24.8. The molecule has 0 aromatic carbocycles. The number of hydrogen-bond acceptors (Lipinski definition) is 4. The van der Waals surface area contributed by atoms with E-state index in [-0.39, 0.29) is 5.91 Å². The van der Waals surface area contributed by atoms with Crippen LogP contribution < -0.4 is 5.32 Å². The van der Waals surface area contributed by atoms with Crippen molar-refractivity contribution in [1.82, 2.24) is 14.5 Å². The van der Waals surface area contributed by atoms with E-state index in [1.165, 1.54) is 4.31 Å². The average Bonchev–Trinajstić information content (AvgIpc) is 2.70. The lowest BCUT2D eigenvalue weighted by molar-refractivity contribution is -0.120. The first-order valence-electron chi connectivity index (χ1n) is 6.60. The molecule has 8 heteroatoms. The Morgan fingerprint density at radius 2 is 2.10 bits per heavy atom. The van der Waals surface area contributed by atoms with E-state index in [9.17, 15) is 13.2 Å². The molecule has 1 aliphatic rings. The fourth-order valence-corrected chi connectivity index (χ4v) is 3.49. The van der Waals surface area contributed by atoms with E-state index in [4.69, 9.17) is 0 Å². The van der Waals surface area contributed by atoms with Gasteiger partial charge in [-0.3, -0.25) is 9.89 Å². The molecule has 1 aliphatic heterocycles. The predicted molar refractivity (Wildman–Crippen MR) is 75.9 cm³/mol. The van der Waals surface area contributed by atoms with Gasteiger partial charge < -0.3 is 5.32 Å². The van der Waals surface area contributed by atoms with Gasteiger partial charge in [0, 0.05) is 17.8 Å². The highest BCUT2D eigenvalue weighted by Gasteiger charge is 2.34. The Kier molecular flexibility index (Phi) is 4.14. The molecule has 1 unspecified atom stereocenters. The highest BCUT2D eigenvalue weighted by molar-refractivity contribution is 7.88. The van der Waals surface area contributed by atoms with Crippen molar-refractivity contribution in [3.05, 3.63) is 11.3 Å². The number of anilines is 1. The van der Waals surface area contributed by atoms with Crippen LogP contribution in [-0.4, -0.2) is 47.7 Å². The van der Waals surface area contributed by atoms with Gasteiger partial charge in [0.25, 0.3) is 0 Å². The van der Waals surface area contributed by atoms with Gasteiger partial charge in [-0.25, -0.2) is 8.42 Å². The van der Waals surface area contributed by atoms with E-state index in [0.717, 1.165) is 30.4 Å². The number of carbonyl (C=O) groups is 1. The second-order valence-electron chi connectivity index (χ2n) is 5.20. The van der Waals surface area contributed by atoms with Gasteiger partial charge in [0.15, 0.2) is 5.82 Å². The summed E-state index contributed by atoms with van der Waals surface area (Å²) in [6.45, 7) is 4.11. The van der Waals surface area contributed by atoms with Crippen LogP contribution in [0.15, 0.2) is 0 Å². The number of sulfonamides is 1. The van der Waals surface area contributed by atoms with E-state index in [1.54, 1.807) is 0 Å². The summed E-state index contributed by atoms with van der Waals surface area (Å²) in [5.41, 5.74) is 1.74. The molecule has 1 saturated heterocycles. The summed E-state index contributed by atoms with van der Waals surface area (Å²) in [6, 6.07) is -0.643. The van der Waals surface area contributed by atoms with Gasteiger partial charge in [-0.05, 0) is 26.7 Å². The fraction of sp³-hybridized carbons (Fsp3) is 0.667. The van der Waals surface area contributed by atoms with E-state index in [2.05, 4.69) is 15.5 Å². The molecule has 1 atom stereocenters. The van der Waals surface area contributed by atoms with Crippen LogP contribution in [0.25, 0.3) is 0 Å². The van der Waals surface area contributed by atoms with Crippen LogP contribution in [0.1, 0.15) is 30.5 Å². The van der Waals surface area contributed by atoms with Crippen LogP contribution in [0.4, 0.5) is 5.82 Å². The highest BCUT2D eigenvalue weighted by atomic mass is 32.2. The maximum absolute atomic E-state index is 12.3. The molecule has 20 heavy (non-hydrogen) atoms. The molecule has 0 bridgehead atoms. The Morgan fingerprint density at radius 3 is 2.65 bits per heavy atom. The molecule has 2 rings (SSSR count). The van der Waals surface area contributed by atoms with E-state index < -0.39 is 16.1 Å². The number of aromatic amines is 1. The molecule has 1 fully saturated rings. The first-order chi connectivity index (χ1) is 9.30. The van der Waals surface area contributed by atoms with Gasteiger partial charge in [0.05, 0.1) is 6.26 Å². The molecule has 1 amide bonds. The Labute approximate surface area is 118 Å². The third kappa shape index (κ3) is 3.01. The number of amides is 1. The van der Waals surface area contributed by atoms with Gasteiger partial charge in [-0.15, -0.1) is 0 Å². The van der Waals surface area contributed by atoms with Crippen molar-refractivity contribution in [2.45, 2.75) is 39.2 Å². The number of H-pyrrole nitrogens is 1. The predicted octanol–water partition coefficient (Wildman–Crippen LogP) is 0.779. The lowest BCUT2D eigenvalue weighted by atomic mass is 10.0. The van der Waals surface area contributed by atoms with E-state index >= 15 is 0 Å². The zero-order chi connectivity index (χ0) is 14.9. The van der Waals surface area contributed by atoms with Crippen molar-refractivity contribution in [3.8, 4) is 0 Å². The zero-order valence-electron chi connectivity index (χ0n) is 11.9. The monoisotopic (exact) mass is 300 g/mol. The molecule has 112 valence electrons. The quantitative estimate of drug-likeness (QED) is 0.862. The average molecular weight is 300 g/mol. The number of piperidine rings is 1. The van der Waals surface area contributed by atoms with Gasteiger partial charge in [0.1, 0.15) is 6.04 Å². The Balaban J connectivity index is 2.16. The minimum Gasteiger partial charge on any atom is -0.308 e. The Bertz CT molecular complexity index is 608. The summed E-state index contributed by atoms with van der Waals surface area (Å²) in [4.78, 5) is 12.3. The van der Waals surface area contributed by atoms with Gasteiger partial charge in [0.2, 0.25) is 15.9 Å². The SMILES string of the molecule is Cc1[nH]nc(NC(=O)C2CCCCN2S(C)(=O)=O)c1C. The maximum Gasteiger partial charge on any atom is 0.244 e. The summed E-state index contributed by atoms with van der Waals surface area (Å²) in [6.07, 6.45) is 3.32. The number of rotatable bonds is 3. The minimum absolute atomic E-state index is 0.315. The molecule has 0 aliphatic carbocycles. The summed E-state index contributed by atoms with van der Waals surface area (Å²) in [7, 11) is -3.37. The number of carbonyl (C=O) groups excluding carboxylic acids is 1. The number of nitrogens with zero attached hydrogens (tertiary/aromatic N) is 2. The van der Waals surface area contributed by atoms with Crippen LogP contribution in [0, 0.1) is 13.8 Å². The van der Waals surface area contributed by atoms with Crippen molar-refractivity contribution >= 4 is 21.7 Å². The van der Waals surface area contributed by atoms with Crippen molar-refractivity contribution < 1.29 is 13.2 Å². The van der Waals surface area contributed by atoms with Crippen molar-refractivity contribution in [1.29, 1.82) is 0 Å². The van der Waals surface area contributed by atoms with Crippen LogP contribution >= 0.6 is 0 Å². The molecule has 2 heterocycles. The minimum atomic E-state index is -3.37. The smallest absolute Gasteiger partial charge is 0.244 e. The lowest BCUT2D eigenvalue weighted by Crippen LogP contribution is -2.49. The molecule has 1 aromatic rings. The van der Waals surface area contributed by atoms with Crippen molar-refractivity contribution in [3.63, 3.8) is 0 Å². The van der Waals surface area contributed by atoms with Gasteiger partial charge in [-0.2, -0.15) is 9.40 Å². The summed E-state index contributed by atoms with van der Waals surface area (Å²) in [5.74, 6) is 0.149. The van der Waals surface area contributed by atoms with Gasteiger partial charge in [-0.1, -0.05) is 6.42 Å². The lowest BCUT2D eigenvalue weighted by Gasteiger charge is -2.32. The van der Waals surface area contributed by atoms with Crippen LogP contribution in [0.5, 0.6) is 0 Å². The molecule has 1 aromatic heterocycles. The third-order valence-electron chi connectivity index (χ3n) is 3.68. The molecule has 0 saturated carbocycles. The van der Waals surface area contributed by atoms with E-state index in [1.807, 2.05) is 13.8 Å². The molecule has 7 nitrogen and oxygen atoms in total. The topological polar surface area (TPSA) is 95.2 Å². The van der Waals surface area contributed by atoms with E-state index in [0.29, 0.717) is 18.8 Å². The highest BCUT2D eigenvalue weighted by Crippen LogP contribution is 2.22. The van der Waals surface area contributed by atoms with Crippen LogP contribution in [-0.2, 0) is 14.8 Å². The van der Waals surface area contributed by atoms with Gasteiger partial charge >= 0.3 is 0 Å². The van der Waals surface area contributed by atoms with Crippen LogP contribution in [0.3, 0.4) is 0 Å². The standard InChI is InChI=1S/C12H20N4O3S/c1-8-9(2)14-15-11(8)13-12(17)10-6-4-5-7-16(10)20(3,18)19/h10H,4-7H2,1-3H3,(H2,13,14,15,17). The van der Waals surface area contributed by atoms with Crippen LogP contribution in [0.2, 0.25) is 0 Å². The number of aromatic nitrogens is 2. The summed E-state index contributed by atoms with van der Waals surface area (Å²) in [5, 5.41) is 9.52. The number of aryl methyl sites for hydroxylation is 1.